The summed E-state index contributed by atoms with van der Waals surface area (Å²) in [5, 5.41) is 0. The fourth-order valence-electron chi connectivity index (χ4n) is 0. The van der Waals surface area contributed by atoms with Crippen LogP contribution in [0.3, 0.4) is 0 Å². The molecule has 0 aliphatic rings. The number of nitrogens with one attached hydrogen (secondary N) is 1. The van der Waals surface area contributed by atoms with E-state index in [1.54, 1.807) is 0 Å². The molecule has 0 rings (SSSR count). The van der Waals surface area contributed by atoms with E-state index in [0.717, 1.165) is 6.42 Å². The normalized spacial score (nSPS) is 5.00. The molecule has 0 saturated carbocycles. The molecule has 0 atom stereocenters. The van der Waals surface area contributed by atoms with Gasteiger partial charge in [-0.3, -0.25) is 0 Å². The summed E-state index contributed by atoms with van der Waals surface area (Å²) >= 11 is 0. The van der Waals surface area contributed by atoms with Gasteiger partial charge in [0.2, 0.25) is 0 Å². The average molecular weight is 258 g/mol. The molecule has 0 spiro atoms. The monoisotopic (exact) mass is 259 g/mol. The van der Waals surface area contributed by atoms with Gasteiger partial charge in [-0.1, -0.05) is 0 Å². The second-order valence-electron chi connectivity index (χ2n) is 0.604. The van der Waals surface area contributed by atoms with Gasteiger partial charge < -0.3 is 20.1 Å². The van der Waals surface area contributed by atoms with Crippen LogP contribution in [0.2, 0.25) is 0 Å². The predicted molar refractivity (Wildman–Crippen MR) is 25.6 cm³/mol. The maximum atomic E-state index is 6.39. The van der Waals surface area contributed by atoms with E-state index >= 15 is 0 Å². The summed E-state index contributed by atoms with van der Waals surface area (Å²) < 4.78 is 0. The minimum atomic E-state index is 0. The second-order valence-corrected chi connectivity index (χ2v) is 0.604. The molecule has 0 bridgehead atoms. The van der Waals surface area contributed by atoms with Gasteiger partial charge in [-0.2, -0.15) is 6.54 Å². The van der Waals surface area contributed by atoms with E-state index in [-0.39, 0.29) is 27.8 Å². The maximum Gasteiger partial charge on any atom is 0 e. The molecule has 6 heavy (non-hydrogen) atoms. The van der Waals surface area contributed by atoms with Crippen molar-refractivity contribution in [2.75, 3.05) is 6.54 Å². The van der Waals surface area contributed by atoms with Gasteiger partial charge in [-0.05, 0) is 0 Å². The predicted octanol–water partition coefficient (Wildman–Crippen LogP) is 1.71. The summed E-state index contributed by atoms with van der Waals surface area (Å²) in [7, 11) is 0. The van der Waals surface area contributed by atoms with Gasteiger partial charge in [0.15, 0.2) is 0 Å². The summed E-state index contributed by atoms with van der Waals surface area (Å²) in [5.74, 6) is 0. The molecule has 1 radical (unpaired) electrons. The summed E-state index contributed by atoms with van der Waals surface area (Å²) in [6, 6.07) is 0. The van der Waals surface area contributed by atoms with E-state index in [1.807, 2.05) is 0 Å². The molecule has 2 heteroatoms. The fourth-order valence-corrected chi connectivity index (χ4v) is 0. The molecular weight excluding hydrogens is 248 g/mol. The number of hydrogen-bond acceptors (Lipinski definition) is 0. The van der Waals surface area contributed by atoms with Crippen LogP contribution in [0.15, 0.2) is 0 Å². The van der Waals surface area contributed by atoms with Crippen molar-refractivity contribution in [3.05, 3.63) is 20.1 Å². The van der Waals surface area contributed by atoms with E-state index in [0.29, 0.717) is 6.54 Å². The van der Waals surface area contributed by atoms with E-state index in [2.05, 4.69) is 6.92 Å². The van der Waals surface area contributed by atoms with Crippen LogP contribution in [-0.2, 0) is 20.4 Å². The fraction of sp³-hybridized carbons (Fsp3) is 0.500. The van der Waals surface area contributed by atoms with Crippen molar-refractivity contribution in [3.63, 3.8) is 0 Å². The Morgan fingerprint density at radius 2 is 1.67 bits per heavy atom. The summed E-state index contributed by atoms with van der Waals surface area (Å²) in [6.45, 7) is 3.88. The van der Waals surface area contributed by atoms with Gasteiger partial charge in [-0.25, -0.2) is 6.42 Å². The first-order valence-electron chi connectivity index (χ1n) is 1.35. The summed E-state index contributed by atoms with van der Waals surface area (Å²) in [4.78, 5) is 0. The van der Waals surface area contributed by atoms with Crippen LogP contribution in [0.5, 0.6) is 0 Å². The minimum Gasteiger partial charge on any atom is -0.679 e. The maximum absolute atomic E-state index is 6.39. The van der Waals surface area contributed by atoms with E-state index in [1.165, 1.54) is 0 Å². The first-order valence-corrected chi connectivity index (χ1v) is 1.35. The third-order valence-corrected chi connectivity index (χ3v) is 0.177. The Kier molecular flexibility index (Phi) is 46.4. The third kappa shape index (κ3) is 23.0. The standard InChI is InChI=1S/C3H7N.CH3.Re/c1-2-3-4;;/h4H,1-3H2;1H3;/q-2;-1;. The van der Waals surface area contributed by atoms with E-state index < -0.39 is 0 Å². The number of rotatable bonds is 1. The Morgan fingerprint density at radius 3 is 1.67 bits per heavy atom. The molecule has 0 aromatic heterocycles. The van der Waals surface area contributed by atoms with Crippen LogP contribution < -0.4 is 0 Å². The van der Waals surface area contributed by atoms with Gasteiger partial charge in [0.05, 0.1) is 0 Å². The topological polar surface area (TPSA) is 23.8 Å². The zero-order chi connectivity index (χ0) is 3.41. The Labute approximate surface area is 54.0 Å². The Bertz CT molecular complexity index is 9.51. The van der Waals surface area contributed by atoms with Crippen molar-refractivity contribution >= 4 is 0 Å². The van der Waals surface area contributed by atoms with Crippen LogP contribution in [0, 0.1) is 14.4 Å². The molecule has 0 fully saturated rings. The Balaban J connectivity index is -0.0000000450. The molecule has 0 aliphatic heterocycles. The largest absolute Gasteiger partial charge is 0.679 e. The number of hydrogen-bond donors (Lipinski definition) is 0. The van der Waals surface area contributed by atoms with Crippen LogP contribution in [0.4, 0.5) is 0 Å². The molecule has 1 N–H and O–H groups in total. The van der Waals surface area contributed by atoms with Crippen molar-refractivity contribution in [2.24, 2.45) is 0 Å². The van der Waals surface area contributed by atoms with Crippen molar-refractivity contribution in [1.29, 1.82) is 0 Å². The van der Waals surface area contributed by atoms with Crippen LogP contribution in [0.1, 0.15) is 6.42 Å². The first kappa shape index (κ1) is 16.0. The van der Waals surface area contributed by atoms with Crippen molar-refractivity contribution in [1.82, 2.24) is 0 Å². The quantitative estimate of drug-likeness (QED) is 0.639. The van der Waals surface area contributed by atoms with E-state index in [9.17, 15) is 0 Å². The zero-order valence-corrected chi connectivity index (χ0v) is 6.72. The molecule has 0 amide bonds. The van der Waals surface area contributed by atoms with Gasteiger partial charge in [0.25, 0.3) is 0 Å². The summed E-state index contributed by atoms with van der Waals surface area (Å²) in [6.07, 6.45) is 0.736. The molecule has 0 unspecified atom stereocenters. The van der Waals surface area contributed by atoms with Gasteiger partial charge in [-0.15, -0.1) is 0 Å². The molecule has 0 aromatic rings. The Hall–Kier alpha value is 0.622. The molecule has 41 valence electrons. The molecule has 0 saturated heterocycles. The van der Waals surface area contributed by atoms with E-state index in [4.69, 9.17) is 5.73 Å². The van der Waals surface area contributed by atoms with Gasteiger partial charge in [0.1, 0.15) is 0 Å². The zero-order valence-electron chi connectivity index (χ0n) is 4.00. The van der Waals surface area contributed by atoms with Gasteiger partial charge in [0, 0.05) is 20.4 Å². The molecule has 0 heterocycles. The SMILES string of the molecule is [CH2-]CC[NH-].[CH3-].[Re]. The Morgan fingerprint density at radius 1 is 1.50 bits per heavy atom. The average Bonchev–Trinajstić information content (AvgIpc) is 1.37. The third-order valence-electron chi connectivity index (χ3n) is 0.177. The smallest absolute Gasteiger partial charge is 0 e. The van der Waals surface area contributed by atoms with Crippen LogP contribution in [-0.4, -0.2) is 6.54 Å². The molecule has 1 nitrogen and oxygen atoms in total. The molecule has 0 aromatic carbocycles. The molecular formula is C4H10NRe-3. The van der Waals surface area contributed by atoms with Crippen LogP contribution in [0.25, 0.3) is 5.73 Å². The first-order chi connectivity index (χ1) is 1.91. The van der Waals surface area contributed by atoms with Crippen LogP contribution >= 0.6 is 0 Å². The summed E-state index contributed by atoms with van der Waals surface area (Å²) in [5.41, 5.74) is 6.39. The van der Waals surface area contributed by atoms with Crippen molar-refractivity contribution < 1.29 is 20.4 Å². The minimum absolute atomic E-state index is 0. The van der Waals surface area contributed by atoms with Crippen molar-refractivity contribution in [3.8, 4) is 0 Å². The molecule has 0 aliphatic carbocycles. The van der Waals surface area contributed by atoms with Gasteiger partial charge >= 0.3 is 0 Å². The second kappa shape index (κ2) is 17.5. The van der Waals surface area contributed by atoms with Crippen molar-refractivity contribution in [2.45, 2.75) is 6.42 Å².